The Bertz CT molecular complexity index is 976. The zero-order valence-corrected chi connectivity index (χ0v) is 14.9. The summed E-state index contributed by atoms with van der Waals surface area (Å²) in [6.45, 7) is 0.869. The summed E-state index contributed by atoms with van der Waals surface area (Å²) in [6.07, 6.45) is 3.76. The van der Waals surface area contributed by atoms with Gasteiger partial charge in [0.15, 0.2) is 5.82 Å². The SMILES string of the molecule is COC(=O)c1ccccc1Nc1nncc(N2CCCc3ccccc32)n1. The topological polar surface area (TPSA) is 80.2 Å². The number of methoxy groups -OCH3 is 1. The lowest BCUT2D eigenvalue weighted by atomic mass is 10.0. The van der Waals surface area contributed by atoms with Crippen molar-refractivity contribution in [3.05, 3.63) is 65.9 Å². The highest BCUT2D eigenvalue weighted by Crippen LogP contribution is 2.32. The smallest absolute Gasteiger partial charge is 0.339 e. The molecule has 1 N–H and O–H groups in total. The van der Waals surface area contributed by atoms with Crippen molar-refractivity contribution in [1.82, 2.24) is 15.2 Å². The molecule has 0 amide bonds. The number of aryl methyl sites for hydroxylation is 1. The molecular weight excluding hydrogens is 342 g/mol. The molecule has 0 atom stereocenters. The number of carbonyl (C=O) groups excluding carboxylic acids is 1. The van der Waals surface area contributed by atoms with Crippen molar-refractivity contribution in [1.29, 1.82) is 0 Å². The number of para-hydroxylation sites is 2. The second-order valence-electron chi connectivity index (χ2n) is 6.18. The molecule has 0 saturated heterocycles. The van der Waals surface area contributed by atoms with E-state index in [1.807, 2.05) is 12.1 Å². The zero-order chi connectivity index (χ0) is 18.6. The van der Waals surface area contributed by atoms with E-state index in [9.17, 15) is 4.79 Å². The van der Waals surface area contributed by atoms with Gasteiger partial charge in [0, 0.05) is 12.2 Å². The number of rotatable bonds is 4. The van der Waals surface area contributed by atoms with Gasteiger partial charge in [-0.25, -0.2) is 4.79 Å². The molecule has 1 aliphatic heterocycles. The summed E-state index contributed by atoms with van der Waals surface area (Å²) in [5, 5.41) is 11.2. The van der Waals surface area contributed by atoms with Crippen molar-refractivity contribution in [3.63, 3.8) is 0 Å². The molecule has 2 heterocycles. The van der Waals surface area contributed by atoms with E-state index < -0.39 is 5.97 Å². The molecule has 0 radical (unpaired) electrons. The molecule has 3 aromatic rings. The Labute approximate surface area is 157 Å². The number of nitrogens with zero attached hydrogens (tertiary/aromatic N) is 4. The highest BCUT2D eigenvalue weighted by Gasteiger charge is 2.20. The molecule has 0 saturated carbocycles. The minimum atomic E-state index is -0.424. The second kappa shape index (κ2) is 7.41. The number of ether oxygens (including phenoxy) is 1. The van der Waals surface area contributed by atoms with Gasteiger partial charge in [0.1, 0.15) is 0 Å². The number of carbonyl (C=O) groups is 1. The summed E-state index contributed by atoms with van der Waals surface area (Å²) in [4.78, 5) is 18.7. The number of anilines is 4. The van der Waals surface area contributed by atoms with Crippen LogP contribution >= 0.6 is 0 Å². The van der Waals surface area contributed by atoms with Gasteiger partial charge in [-0.15, -0.1) is 5.10 Å². The van der Waals surface area contributed by atoms with Gasteiger partial charge in [0.05, 0.1) is 24.6 Å². The zero-order valence-electron chi connectivity index (χ0n) is 14.9. The predicted molar refractivity (Wildman–Crippen MR) is 103 cm³/mol. The largest absolute Gasteiger partial charge is 0.465 e. The van der Waals surface area contributed by atoms with Crippen molar-refractivity contribution in [2.75, 3.05) is 23.9 Å². The Balaban J connectivity index is 1.65. The van der Waals surface area contributed by atoms with Crippen LogP contribution in [-0.2, 0) is 11.2 Å². The molecule has 1 aliphatic rings. The Kier molecular flexibility index (Phi) is 4.65. The fourth-order valence-corrected chi connectivity index (χ4v) is 3.25. The van der Waals surface area contributed by atoms with Crippen LogP contribution in [0, 0.1) is 0 Å². The Morgan fingerprint density at radius 2 is 1.96 bits per heavy atom. The molecule has 7 nitrogen and oxygen atoms in total. The Hall–Kier alpha value is -3.48. The molecule has 0 fully saturated rings. The lowest BCUT2D eigenvalue weighted by molar-refractivity contribution is 0.0602. The van der Waals surface area contributed by atoms with E-state index in [2.05, 4.69) is 43.6 Å². The first kappa shape index (κ1) is 17.0. The van der Waals surface area contributed by atoms with Gasteiger partial charge in [-0.3, -0.25) is 0 Å². The van der Waals surface area contributed by atoms with Crippen molar-refractivity contribution >= 4 is 29.1 Å². The number of hydrogen-bond donors (Lipinski definition) is 1. The minimum Gasteiger partial charge on any atom is -0.465 e. The van der Waals surface area contributed by atoms with E-state index in [1.54, 1.807) is 24.4 Å². The van der Waals surface area contributed by atoms with E-state index in [4.69, 9.17) is 4.74 Å². The van der Waals surface area contributed by atoms with Gasteiger partial charge in [0.2, 0.25) is 5.95 Å². The van der Waals surface area contributed by atoms with Crippen molar-refractivity contribution in [3.8, 4) is 0 Å². The third-order valence-corrected chi connectivity index (χ3v) is 4.51. The van der Waals surface area contributed by atoms with Gasteiger partial charge in [-0.05, 0) is 36.6 Å². The average molecular weight is 361 g/mol. The number of benzene rings is 2. The first-order valence-electron chi connectivity index (χ1n) is 8.76. The number of nitrogens with one attached hydrogen (secondary N) is 1. The third kappa shape index (κ3) is 3.44. The molecule has 0 unspecified atom stereocenters. The van der Waals surface area contributed by atoms with Crippen LogP contribution in [0.5, 0.6) is 0 Å². The maximum atomic E-state index is 11.9. The van der Waals surface area contributed by atoms with E-state index in [0.29, 0.717) is 17.2 Å². The van der Waals surface area contributed by atoms with Crippen molar-refractivity contribution < 1.29 is 9.53 Å². The number of aromatic nitrogens is 3. The van der Waals surface area contributed by atoms with Crippen molar-refractivity contribution in [2.24, 2.45) is 0 Å². The monoisotopic (exact) mass is 361 g/mol. The summed E-state index contributed by atoms with van der Waals surface area (Å²) in [5.41, 5.74) is 3.43. The summed E-state index contributed by atoms with van der Waals surface area (Å²) in [6, 6.07) is 15.4. The molecule has 0 bridgehead atoms. The maximum absolute atomic E-state index is 11.9. The lowest BCUT2D eigenvalue weighted by Gasteiger charge is -2.30. The molecule has 0 aliphatic carbocycles. The van der Waals surface area contributed by atoms with Gasteiger partial charge in [-0.1, -0.05) is 30.3 Å². The highest BCUT2D eigenvalue weighted by molar-refractivity contribution is 5.96. The molecule has 1 aromatic heterocycles. The van der Waals surface area contributed by atoms with Crippen LogP contribution < -0.4 is 10.2 Å². The predicted octanol–water partition coefficient (Wildman–Crippen LogP) is 3.49. The summed E-state index contributed by atoms with van der Waals surface area (Å²) < 4.78 is 4.83. The average Bonchev–Trinajstić information content (AvgIpc) is 2.73. The van der Waals surface area contributed by atoms with Crippen LogP contribution in [0.25, 0.3) is 0 Å². The maximum Gasteiger partial charge on any atom is 0.339 e. The fourth-order valence-electron chi connectivity index (χ4n) is 3.25. The molecule has 27 heavy (non-hydrogen) atoms. The minimum absolute atomic E-state index is 0.326. The van der Waals surface area contributed by atoms with Crippen LogP contribution in [0.4, 0.5) is 23.1 Å². The highest BCUT2D eigenvalue weighted by atomic mass is 16.5. The van der Waals surface area contributed by atoms with Crippen LogP contribution in [0.1, 0.15) is 22.3 Å². The van der Waals surface area contributed by atoms with E-state index >= 15 is 0 Å². The summed E-state index contributed by atoms with van der Waals surface area (Å²) >= 11 is 0. The summed E-state index contributed by atoms with van der Waals surface area (Å²) in [5.74, 6) is 0.620. The fraction of sp³-hybridized carbons (Fsp3) is 0.200. The van der Waals surface area contributed by atoms with E-state index in [-0.39, 0.29) is 0 Å². The van der Waals surface area contributed by atoms with Crippen LogP contribution in [0.3, 0.4) is 0 Å². The number of fused-ring (bicyclic) bond motifs is 1. The van der Waals surface area contributed by atoms with Gasteiger partial charge < -0.3 is 15.0 Å². The lowest BCUT2D eigenvalue weighted by Crippen LogP contribution is -2.25. The van der Waals surface area contributed by atoms with Crippen LogP contribution in [0.2, 0.25) is 0 Å². The normalized spacial score (nSPS) is 13.0. The Morgan fingerprint density at radius 3 is 2.85 bits per heavy atom. The standard InChI is InChI=1S/C20H19N5O2/c1-27-19(26)15-9-3-4-10-16(15)22-20-23-18(13-21-24-20)25-12-6-8-14-7-2-5-11-17(14)25/h2-5,7,9-11,13H,6,8,12H2,1H3,(H,22,23,24). The van der Waals surface area contributed by atoms with Crippen LogP contribution in [0.15, 0.2) is 54.7 Å². The number of hydrogen-bond acceptors (Lipinski definition) is 7. The molecular formula is C20H19N5O2. The molecule has 136 valence electrons. The van der Waals surface area contributed by atoms with E-state index in [0.717, 1.165) is 30.9 Å². The molecule has 2 aromatic carbocycles. The second-order valence-corrected chi connectivity index (χ2v) is 6.18. The van der Waals surface area contributed by atoms with Gasteiger partial charge >= 0.3 is 5.97 Å². The quantitative estimate of drug-likeness (QED) is 0.713. The molecule has 4 rings (SSSR count). The van der Waals surface area contributed by atoms with Gasteiger partial charge in [-0.2, -0.15) is 10.1 Å². The van der Waals surface area contributed by atoms with E-state index in [1.165, 1.54) is 12.7 Å². The van der Waals surface area contributed by atoms with Crippen LogP contribution in [-0.4, -0.2) is 34.8 Å². The Morgan fingerprint density at radius 1 is 1.15 bits per heavy atom. The first-order chi connectivity index (χ1) is 13.3. The van der Waals surface area contributed by atoms with Gasteiger partial charge in [0.25, 0.3) is 0 Å². The molecule has 7 heteroatoms. The number of esters is 1. The third-order valence-electron chi connectivity index (χ3n) is 4.51. The first-order valence-corrected chi connectivity index (χ1v) is 8.76. The van der Waals surface area contributed by atoms with Crippen molar-refractivity contribution in [2.45, 2.75) is 12.8 Å². The summed E-state index contributed by atoms with van der Waals surface area (Å²) in [7, 11) is 1.35. The molecule has 0 spiro atoms.